The van der Waals surface area contributed by atoms with Crippen LogP contribution in [0.25, 0.3) is 0 Å². The first kappa shape index (κ1) is 8.70. The zero-order valence-corrected chi connectivity index (χ0v) is 8.29. The summed E-state index contributed by atoms with van der Waals surface area (Å²) in [5.74, 6) is 0. The van der Waals surface area contributed by atoms with Crippen LogP contribution in [0.1, 0.15) is 0 Å². The van der Waals surface area contributed by atoms with E-state index in [-0.39, 0.29) is 0 Å². The van der Waals surface area contributed by atoms with Gasteiger partial charge in [-0.1, -0.05) is 0 Å². The molecule has 0 heterocycles. The Morgan fingerprint density at radius 1 is 1.09 bits per heavy atom. The average Bonchev–Trinajstić information content (AvgIpc) is 2.06. The molecule has 1 aromatic carbocycles. The van der Waals surface area contributed by atoms with Crippen molar-refractivity contribution in [2.75, 3.05) is 20.4 Å². The molecular weight excluding hydrogens is 155 g/mol. The van der Waals surface area contributed by atoms with Crippen LogP contribution in [0.15, 0.2) is 30.3 Å². The van der Waals surface area contributed by atoms with Gasteiger partial charge in [0.15, 0.2) is 0 Å². The van der Waals surface area contributed by atoms with E-state index >= 15 is 0 Å². The van der Waals surface area contributed by atoms with Crippen LogP contribution in [0.2, 0.25) is 0 Å². The summed E-state index contributed by atoms with van der Waals surface area (Å²) in [6.07, 6.45) is 0. The van der Waals surface area contributed by atoms with Crippen LogP contribution in [-0.4, -0.2) is 20.4 Å². The van der Waals surface area contributed by atoms with E-state index in [0.717, 1.165) is 0 Å². The van der Waals surface area contributed by atoms with E-state index in [1.54, 1.807) is 7.11 Å². The van der Waals surface area contributed by atoms with Crippen LogP contribution < -0.4 is 5.30 Å². The van der Waals surface area contributed by atoms with Gasteiger partial charge in [0.2, 0.25) is 0 Å². The molecule has 0 radical (unpaired) electrons. The fourth-order valence-corrected chi connectivity index (χ4v) is 2.19. The standard InChI is InChI=1S/C9H15OP/c1-10-11(2,3)9-7-5-4-6-8-9/h4-8,11H,1-3H3. The van der Waals surface area contributed by atoms with Crippen molar-refractivity contribution < 1.29 is 4.52 Å². The van der Waals surface area contributed by atoms with Crippen molar-refractivity contribution >= 4 is 12.8 Å². The Balaban J connectivity index is 2.93. The number of benzene rings is 1. The van der Waals surface area contributed by atoms with Gasteiger partial charge in [0.25, 0.3) is 0 Å². The minimum absolute atomic E-state index is 1.35. The molecule has 0 bridgehead atoms. The molecule has 0 saturated heterocycles. The van der Waals surface area contributed by atoms with Gasteiger partial charge >= 0.3 is 68.1 Å². The summed E-state index contributed by atoms with van der Waals surface area (Å²) >= 11 is 0. The Morgan fingerprint density at radius 3 is 2.09 bits per heavy atom. The molecule has 0 spiro atoms. The third-order valence-electron chi connectivity index (χ3n) is 1.98. The van der Waals surface area contributed by atoms with Gasteiger partial charge in [-0.25, -0.2) is 0 Å². The van der Waals surface area contributed by atoms with E-state index < -0.39 is 7.49 Å². The first-order valence-corrected chi connectivity index (χ1v) is 6.68. The Hall–Kier alpha value is -0.390. The van der Waals surface area contributed by atoms with Crippen LogP contribution in [0.3, 0.4) is 0 Å². The van der Waals surface area contributed by atoms with Crippen LogP contribution in [-0.2, 0) is 4.52 Å². The van der Waals surface area contributed by atoms with Crippen molar-refractivity contribution in [2.24, 2.45) is 0 Å². The van der Waals surface area contributed by atoms with E-state index in [9.17, 15) is 0 Å². The molecule has 1 rings (SSSR count). The fourth-order valence-electron chi connectivity index (χ4n) is 0.957. The molecule has 0 saturated carbocycles. The van der Waals surface area contributed by atoms with Gasteiger partial charge in [-0.2, -0.15) is 0 Å². The molecule has 0 aromatic heterocycles. The third-order valence-corrected chi connectivity index (χ3v) is 4.72. The summed E-state index contributed by atoms with van der Waals surface area (Å²) < 4.78 is 5.46. The van der Waals surface area contributed by atoms with Crippen molar-refractivity contribution in [2.45, 2.75) is 0 Å². The third kappa shape index (κ3) is 2.02. The van der Waals surface area contributed by atoms with E-state index in [2.05, 4.69) is 37.6 Å². The molecule has 2 heteroatoms. The molecule has 0 aliphatic carbocycles. The Bertz CT molecular complexity index is 218. The van der Waals surface area contributed by atoms with E-state index in [1.807, 2.05) is 6.07 Å². The second-order valence-electron chi connectivity index (χ2n) is 3.08. The molecular formula is C9H15OP. The van der Waals surface area contributed by atoms with Gasteiger partial charge in [0, 0.05) is 0 Å². The second-order valence-corrected chi connectivity index (χ2v) is 7.09. The van der Waals surface area contributed by atoms with Crippen LogP contribution >= 0.6 is 7.49 Å². The Kier molecular flexibility index (Phi) is 2.64. The summed E-state index contributed by atoms with van der Waals surface area (Å²) in [5, 5.41) is 1.35. The predicted molar refractivity (Wildman–Crippen MR) is 53.2 cm³/mol. The molecule has 62 valence electrons. The van der Waals surface area contributed by atoms with Gasteiger partial charge in [0.05, 0.1) is 0 Å². The van der Waals surface area contributed by atoms with Crippen molar-refractivity contribution in [1.29, 1.82) is 0 Å². The number of hydrogen-bond acceptors (Lipinski definition) is 1. The van der Waals surface area contributed by atoms with E-state index in [1.165, 1.54) is 5.30 Å². The molecule has 0 unspecified atom stereocenters. The Morgan fingerprint density at radius 2 is 1.64 bits per heavy atom. The van der Waals surface area contributed by atoms with Gasteiger partial charge in [-0.3, -0.25) is 0 Å². The van der Waals surface area contributed by atoms with Crippen LogP contribution in [0.5, 0.6) is 0 Å². The number of hydrogen-bond donors (Lipinski definition) is 0. The zero-order chi connectivity index (χ0) is 8.32. The first-order chi connectivity index (χ1) is 5.17. The molecule has 0 aliphatic heterocycles. The van der Waals surface area contributed by atoms with Gasteiger partial charge in [-0.15, -0.1) is 0 Å². The van der Waals surface area contributed by atoms with Crippen molar-refractivity contribution in [3.05, 3.63) is 30.3 Å². The molecule has 0 N–H and O–H groups in total. The maximum absolute atomic E-state index is 5.46. The van der Waals surface area contributed by atoms with Crippen molar-refractivity contribution in [1.82, 2.24) is 0 Å². The van der Waals surface area contributed by atoms with Crippen molar-refractivity contribution in [3.63, 3.8) is 0 Å². The van der Waals surface area contributed by atoms with Crippen LogP contribution in [0.4, 0.5) is 0 Å². The van der Waals surface area contributed by atoms with E-state index in [4.69, 9.17) is 4.52 Å². The topological polar surface area (TPSA) is 9.23 Å². The summed E-state index contributed by atoms with van der Waals surface area (Å²) in [7, 11) is 0.238. The summed E-state index contributed by atoms with van der Waals surface area (Å²) in [6, 6.07) is 10.4. The van der Waals surface area contributed by atoms with E-state index in [0.29, 0.717) is 0 Å². The predicted octanol–water partition coefficient (Wildman–Crippen LogP) is 1.88. The molecule has 0 amide bonds. The molecule has 1 aromatic rings. The molecule has 0 atom stereocenters. The quantitative estimate of drug-likeness (QED) is 0.616. The zero-order valence-electron chi connectivity index (χ0n) is 7.29. The molecule has 0 fully saturated rings. The fraction of sp³-hybridized carbons (Fsp3) is 0.333. The van der Waals surface area contributed by atoms with Gasteiger partial charge in [-0.05, 0) is 0 Å². The van der Waals surface area contributed by atoms with Crippen LogP contribution in [0, 0.1) is 0 Å². The average molecular weight is 170 g/mol. The normalized spacial score (nSPS) is 13.0. The second kappa shape index (κ2) is 3.34. The monoisotopic (exact) mass is 170 g/mol. The SMILES string of the molecule is CO[PH](C)(C)c1ccccc1. The van der Waals surface area contributed by atoms with Gasteiger partial charge in [0.1, 0.15) is 0 Å². The summed E-state index contributed by atoms with van der Waals surface area (Å²) in [5.41, 5.74) is 0. The van der Waals surface area contributed by atoms with Crippen molar-refractivity contribution in [3.8, 4) is 0 Å². The van der Waals surface area contributed by atoms with Gasteiger partial charge < -0.3 is 0 Å². The first-order valence-electron chi connectivity index (χ1n) is 3.77. The minimum atomic E-state index is -1.55. The maximum atomic E-state index is 5.46. The summed E-state index contributed by atoms with van der Waals surface area (Å²) in [4.78, 5) is 0. The summed E-state index contributed by atoms with van der Waals surface area (Å²) in [6.45, 7) is 4.39. The molecule has 0 aliphatic rings. The molecule has 11 heavy (non-hydrogen) atoms. The molecule has 1 nitrogen and oxygen atoms in total. The number of rotatable bonds is 2. The Labute approximate surface area is 68.8 Å².